The molecule has 1 aliphatic heterocycles. The molecule has 19 heavy (non-hydrogen) atoms. The van der Waals surface area contributed by atoms with Crippen molar-refractivity contribution in [1.29, 1.82) is 0 Å². The summed E-state index contributed by atoms with van der Waals surface area (Å²) >= 11 is 0. The van der Waals surface area contributed by atoms with Gasteiger partial charge < -0.3 is 15.5 Å². The first-order valence-corrected chi connectivity index (χ1v) is 7.45. The number of likely N-dealkylation sites (N-methyl/N-ethyl adjacent to an activating group) is 2. The van der Waals surface area contributed by atoms with Gasteiger partial charge in [-0.3, -0.25) is 4.90 Å². The predicted molar refractivity (Wildman–Crippen MR) is 77.3 cm³/mol. The van der Waals surface area contributed by atoms with Crippen LogP contribution in [0, 0.1) is 5.41 Å². The van der Waals surface area contributed by atoms with Gasteiger partial charge in [0.1, 0.15) is 0 Å². The van der Waals surface area contributed by atoms with Gasteiger partial charge in [0.15, 0.2) is 0 Å². The van der Waals surface area contributed by atoms with E-state index in [0.29, 0.717) is 11.5 Å². The quantitative estimate of drug-likeness (QED) is 0.772. The minimum Gasteiger partial charge on any atom is -0.338 e. The van der Waals surface area contributed by atoms with Crippen LogP contribution >= 0.6 is 0 Å². The maximum atomic E-state index is 11.8. The molecule has 2 rings (SSSR count). The Balaban J connectivity index is 1.65. The van der Waals surface area contributed by atoms with E-state index in [1.807, 2.05) is 0 Å². The Bertz CT molecular complexity index is 317. The molecule has 0 aromatic carbocycles. The number of amides is 2. The second kappa shape index (κ2) is 6.09. The molecule has 0 spiro atoms. The fraction of sp³-hybridized carbons (Fsp3) is 0.929. The largest absolute Gasteiger partial charge is 0.338 e. The number of nitrogens with zero attached hydrogens (tertiary/aromatic N) is 2. The molecule has 0 bridgehead atoms. The second-order valence-electron chi connectivity index (χ2n) is 6.31. The summed E-state index contributed by atoms with van der Waals surface area (Å²) in [5.74, 6) is 0. The van der Waals surface area contributed by atoms with Gasteiger partial charge in [-0.25, -0.2) is 4.79 Å². The summed E-state index contributed by atoms with van der Waals surface area (Å²) in [4.78, 5) is 16.5. The molecule has 1 heterocycles. The van der Waals surface area contributed by atoms with Gasteiger partial charge in [-0.05, 0) is 38.8 Å². The highest BCUT2D eigenvalue weighted by molar-refractivity contribution is 5.73. The Labute approximate surface area is 116 Å². The van der Waals surface area contributed by atoms with E-state index in [0.717, 1.165) is 32.7 Å². The zero-order valence-corrected chi connectivity index (χ0v) is 12.5. The van der Waals surface area contributed by atoms with E-state index in [4.69, 9.17) is 0 Å². The van der Waals surface area contributed by atoms with Crippen LogP contribution in [0.15, 0.2) is 0 Å². The Morgan fingerprint density at radius 2 is 2.00 bits per heavy atom. The normalized spacial score (nSPS) is 27.0. The molecule has 2 aliphatic rings. The fourth-order valence-corrected chi connectivity index (χ4v) is 2.69. The Morgan fingerprint density at radius 3 is 2.63 bits per heavy atom. The summed E-state index contributed by atoms with van der Waals surface area (Å²) in [6.45, 7) is 6.97. The van der Waals surface area contributed by atoms with E-state index in [9.17, 15) is 4.79 Å². The summed E-state index contributed by atoms with van der Waals surface area (Å²) in [5, 5.41) is 6.03. The maximum absolute atomic E-state index is 11.8. The average Bonchev–Trinajstić information content (AvgIpc) is 3.18. The highest BCUT2D eigenvalue weighted by Crippen LogP contribution is 2.47. The van der Waals surface area contributed by atoms with Crippen LogP contribution in [0.25, 0.3) is 0 Å². The lowest BCUT2D eigenvalue weighted by Gasteiger charge is -2.37. The fourth-order valence-electron chi connectivity index (χ4n) is 2.69. The number of hydrogen-bond acceptors (Lipinski definition) is 3. The van der Waals surface area contributed by atoms with Gasteiger partial charge in [0.2, 0.25) is 0 Å². The van der Waals surface area contributed by atoms with E-state index < -0.39 is 0 Å². The minimum absolute atomic E-state index is 0.0126. The molecule has 2 fully saturated rings. The van der Waals surface area contributed by atoms with E-state index >= 15 is 0 Å². The van der Waals surface area contributed by atoms with Gasteiger partial charge in [-0.2, -0.15) is 0 Å². The molecule has 0 aromatic heterocycles. The molecular formula is C14H28N4O. The van der Waals surface area contributed by atoms with E-state index in [1.165, 1.54) is 19.3 Å². The van der Waals surface area contributed by atoms with Crippen molar-refractivity contribution in [3.63, 3.8) is 0 Å². The summed E-state index contributed by atoms with van der Waals surface area (Å²) in [5.41, 5.74) is 0.416. The lowest BCUT2D eigenvalue weighted by molar-refractivity contribution is 0.114. The Kier molecular flexibility index (Phi) is 4.68. The zero-order valence-electron chi connectivity index (χ0n) is 12.5. The lowest BCUT2D eigenvalue weighted by Crippen LogP contribution is -2.55. The second-order valence-corrected chi connectivity index (χ2v) is 6.31. The number of hydrogen-bond donors (Lipinski definition) is 2. The highest BCUT2D eigenvalue weighted by atomic mass is 16.2. The molecule has 1 saturated heterocycles. The summed E-state index contributed by atoms with van der Waals surface area (Å²) < 4.78 is 0. The third kappa shape index (κ3) is 4.08. The van der Waals surface area contributed by atoms with Crippen molar-refractivity contribution in [2.45, 2.75) is 32.2 Å². The maximum Gasteiger partial charge on any atom is 0.314 e. The summed E-state index contributed by atoms with van der Waals surface area (Å²) in [7, 11) is 4.27. The lowest BCUT2D eigenvalue weighted by atomic mass is 10.0. The van der Waals surface area contributed by atoms with Crippen LogP contribution in [0.1, 0.15) is 26.2 Å². The number of carbonyl (C=O) groups is 1. The molecule has 1 aliphatic carbocycles. The molecule has 2 N–H and O–H groups in total. The van der Waals surface area contributed by atoms with Gasteiger partial charge in [0.25, 0.3) is 0 Å². The van der Waals surface area contributed by atoms with Crippen LogP contribution in [0.3, 0.4) is 0 Å². The van der Waals surface area contributed by atoms with Crippen LogP contribution < -0.4 is 10.6 Å². The van der Waals surface area contributed by atoms with E-state index in [-0.39, 0.29) is 6.03 Å². The number of carbonyl (C=O) groups excluding carboxylic acids is 1. The van der Waals surface area contributed by atoms with Gasteiger partial charge in [-0.1, -0.05) is 6.92 Å². The molecule has 110 valence electrons. The molecular weight excluding hydrogens is 240 g/mol. The molecule has 2 amide bonds. The van der Waals surface area contributed by atoms with Crippen LogP contribution in [0.2, 0.25) is 0 Å². The van der Waals surface area contributed by atoms with Crippen LogP contribution in [-0.4, -0.2) is 68.7 Å². The average molecular weight is 268 g/mol. The smallest absolute Gasteiger partial charge is 0.314 e. The van der Waals surface area contributed by atoms with Crippen molar-refractivity contribution in [2.75, 3.05) is 46.8 Å². The molecule has 5 heteroatoms. The number of nitrogens with one attached hydrogen (secondary N) is 2. The van der Waals surface area contributed by atoms with Gasteiger partial charge in [0.05, 0.1) is 0 Å². The van der Waals surface area contributed by atoms with Gasteiger partial charge >= 0.3 is 6.03 Å². The van der Waals surface area contributed by atoms with Crippen molar-refractivity contribution >= 4 is 6.03 Å². The zero-order chi connectivity index (χ0) is 13.9. The van der Waals surface area contributed by atoms with Crippen molar-refractivity contribution in [3.8, 4) is 0 Å². The monoisotopic (exact) mass is 268 g/mol. The Morgan fingerprint density at radius 1 is 1.26 bits per heavy atom. The van der Waals surface area contributed by atoms with Crippen molar-refractivity contribution in [1.82, 2.24) is 20.4 Å². The molecule has 5 nitrogen and oxygen atoms in total. The standard InChI is InChI=1S/C14H28N4O/c1-4-14(5-6-14)11-16-13(19)15-9-12-10-17(2)7-8-18(12)3/h12H,4-11H2,1-3H3,(H2,15,16,19). The van der Waals surface area contributed by atoms with Crippen LogP contribution in [-0.2, 0) is 0 Å². The first-order chi connectivity index (χ1) is 9.04. The topological polar surface area (TPSA) is 47.6 Å². The van der Waals surface area contributed by atoms with Crippen LogP contribution in [0.4, 0.5) is 4.79 Å². The third-order valence-electron chi connectivity index (χ3n) is 4.81. The SMILES string of the molecule is CCC1(CNC(=O)NCC2CN(C)CCN2C)CC1. The summed E-state index contributed by atoms with van der Waals surface area (Å²) in [6, 6.07) is 0.409. The molecule has 0 radical (unpaired) electrons. The number of rotatable bonds is 5. The van der Waals surface area contributed by atoms with Gasteiger partial charge in [0, 0.05) is 38.8 Å². The third-order valence-corrected chi connectivity index (χ3v) is 4.81. The first kappa shape index (κ1) is 14.6. The predicted octanol–water partition coefficient (Wildman–Crippen LogP) is 0.722. The number of urea groups is 1. The first-order valence-electron chi connectivity index (χ1n) is 7.45. The Hall–Kier alpha value is -0.810. The highest BCUT2D eigenvalue weighted by Gasteiger charge is 2.40. The van der Waals surface area contributed by atoms with Crippen molar-refractivity contribution in [2.24, 2.45) is 5.41 Å². The van der Waals surface area contributed by atoms with Crippen LogP contribution in [0.5, 0.6) is 0 Å². The molecule has 1 atom stereocenters. The summed E-state index contributed by atoms with van der Waals surface area (Å²) in [6.07, 6.45) is 3.70. The molecule has 0 aromatic rings. The minimum atomic E-state index is -0.0126. The van der Waals surface area contributed by atoms with E-state index in [2.05, 4.69) is 41.5 Å². The van der Waals surface area contributed by atoms with Crippen molar-refractivity contribution in [3.05, 3.63) is 0 Å². The van der Waals surface area contributed by atoms with Gasteiger partial charge in [-0.15, -0.1) is 0 Å². The van der Waals surface area contributed by atoms with Crippen molar-refractivity contribution < 1.29 is 4.79 Å². The van der Waals surface area contributed by atoms with E-state index in [1.54, 1.807) is 0 Å². The number of piperazine rings is 1. The molecule has 1 unspecified atom stereocenters. The molecule has 1 saturated carbocycles.